The number of benzene rings is 2. The number of hydrogen-bond donors (Lipinski definition) is 2. The number of hydrazine groups is 1. The minimum atomic E-state index is -0.803. The van der Waals surface area contributed by atoms with Crippen LogP contribution in [0.2, 0.25) is 0 Å². The predicted octanol–water partition coefficient (Wildman–Crippen LogP) is 2.77. The van der Waals surface area contributed by atoms with E-state index in [2.05, 4.69) is 32.9 Å². The first-order chi connectivity index (χ1) is 17.2. The summed E-state index contributed by atoms with van der Waals surface area (Å²) >= 11 is 3.27. The van der Waals surface area contributed by atoms with Crippen molar-refractivity contribution in [2.45, 2.75) is 13.3 Å². The lowest BCUT2D eigenvalue weighted by atomic mass is 9.82. The van der Waals surface area contributed by atoms with Gasteiger partial charge in [-0.15, -0.1) is 0 Å². The fraction of sp³-hybridized carbons (Fsp3) is 0.269. The Morgan fingerprint density at radius 1 is 1.00 bits per heavy atom. The Morgan fingerprint density at radius 3 is 2.47 bits per heavy atom. The van der Waals surface area contributed by atoms with Gasteiger partial charge in [-0.05, 0) is 67.6 Å². The molecule has 2 aromatic carbocycles. The lowest BCUT2D eigenvalue weighted by Crippen LogP contribution is -2.43. The van der Waals surface area contributed by atoms with Gasteiger partial charge in [0, 0.05) is 10.0 Å². The molecule has 184 valence electrons. The molecule has 2 aromatic rings. The number of rotatable bonds is 5. The Balaban J connectivity index is 1.18. The maximum atomic E-state index is 13.1. The van der Waals surface area contributed by atoms with Gasteiger partial charge >= 0.3 is 5.97 Å². The zero-order valence-electron chi connectivity index (χ0n) is 19.2. The Hall–Kier alpha value is -3.79. The third kappa shape index (κ3) is 4.21. The first-order valence-electron chi connectivity index (χ1n) is 11.4. The molecule has 4 atom stereocenters. The lowest BCUT2D eigenvalue weighted by molar-refractivity contribution is -0.125. The Labute approximate surface area is 215 Å². The molecule has 3 aliphatic rings. The number of halogens is 1. The summed E-state index contributed by atoms with van der Waals surface area (Å²) in [6.07, 6.45) is 2.94. The van der Waals surface area contributed by atoms with E-state index < -0.39 is 24.4 Å². The third-order valence-corrected chi connectivity index (χ3v) is 7.51. The van der Waals surface area contributed by atoms with E-state index in [-0.39, 0.29) is 41.0 Å². The maximum absolute atomic E-state index is 13.1. The molecule has 9 nitrogen and oxygen atoms in total. The van der Waals surface area contributed by atoms with Crippen LogP contribution < -0.4 is 15.8 Å². The highest BCUT2D eigenvalue weighted by Crippen LogP contribution is 2.55. The number of hydrogen-bond acceptors (Lipinski definition) is 6. The quantitative estimate of drug-likeness (QED) is 0.255. The van der Waals surface area contributed by atoms with Crippen LogP contribution >= 0.6 is 15.9 Å². The van der Waals surface area contributed by atoms with Crippen LogP contribution in [-0.4, -0.2) is 36.2 Å². The van der Waals surface area contributed by atoms with Crippen LogP contribution in [0, 0.1) is 23.7 Å². The number of carbonyl (C=O) groups excluding carboxylic acids is 5. The molecule has 10 heteroatoms. The number of anilines is 1. The van der Waals surface area contributed by atoms with E-state index in [4.69, 9.17) is 4.74 Å². The first kappa shape index (κ1) is 23.9. The Morgan fingerprint density at radius 2 is 1.72 bits per heavy atom. The van der Waals surface area contributed by atoms with Gasteiger partial charge in [0.15, 0.2) is 6.61 Å². The fourth-order valence-electron chi connectivity index (χ4n) is 5.35. The van der Waals surface area contributed by atoms with Crippen molar-refractivity contribution >= 4 is 51.2 Å². The fourth-order valence-corrected chi connectivity index (χ4v) is 5.62. The van der Waals surface area contributed by atoms with Crippen molar-refractivity contribution in [3.05, 3.63) is 75.8 Å². The average molecular weight is 552 g/mol. The molecule has 36 heavy (non-hydrogen) atoms. The summed E-state index contributed by atoms with van der Waals surface area (Å²) in [6, 6.07) is 12.6. The van der Waals surface area contributed by atoms with Gasteiger partial charge in [-0.25, -0.2) is 9.69 Å². The standard InChI is InChI=1S/C26H22BrN3O6/c1-13-9-16-11-19(13)22-21(16)24(33)30(25(22)34)18-4-2-3-15(10-18)26(35)36-12-20(31)28-29-23(32)14-5-7-17(27)8-6-14/h2-10,16,19,21-22H,11-12H2,1H3,(H,28,31)(H,29,32)/t16-,19+,21-,22-/m0/s1. The number of carbonyl (C=O) groups is 5. The molecular weight excluding hydrogens is 530 g/mol. The smallest absolute Gasteiger partial charge is 0.338 e. The van der Waals surface area contributed by atoms with Crippen LogP contribution in [-0.2, 0) is 19.1 Å². The molecule has 0 aromatic heterocycles. The van der Waals surface area contributed by atoms with Gasteiger partial charge in [-0.3, -0.25) is 30.0 Å². The zero-order chi connectivity index (χ0) is 25.6. The van der Waals surface area contributed by atoms with Crippen LogP contribution in [0.4, 0.5) is 5.69 Å². The molecular formula is C26H22BrN3O6. The molecule has 2 N–H and O–H groups in total. The van der Waals surface area contributed by atoms with Crippen molar-refractivity contribution in [2.24, 2.45) is 23.7 Å². The lowest BCUT2D eigenvalue weighted by Gasteiger charge is -2.19. The van der Waals surface area contributed by atoms with E-state index in [0.717, 1.165) is 16.5 Å². The van der Waals surface area contributed by atoms with Gasteiger partial charge in [0.1, 0.15) is 0 Å². The third-order valence-electron chi connectivity index (χ3n) is 6.98. The topological polar surface area (TPSA) is 122 Å². The summed E-state index contributed by atoms with van der Waals surface area (Å²) in [5, 5.41) is 0. The molecule has 2 aliphatic carbocycles. The SMILES string of the molecule is CC1=C[C@H]2C[C@H]1[C@@H]1C(=O)N(c3cccc(C(=O)OCC(=O)NNC(=O)c4ccc(Br)cc4)c3)C(=O)[C@H]12. The molecule has 0 unspecified atom stereocenters. The molecule has 2 fully saturated rings. The van der Waals surface area contributed by atoms with Crippen LogP contribution in [0.15, 0.2) is 64.7 Å². The normalized spacial score (nSPS) is 23.8. The van der Waals surface area contributed by atoms with E-state index in [1.165, 1.54) is 17.0 Å². The largest absolute Gasteiger partial charge is 0.452 e. The number of amides is 4. The Kier molecular flexibility index (Phi) is 6.21. The van der Waals surface area contributed by atoms with Crippen LogP contribution in [0.1, 0.15) is 34.1 Å². The number of nitrogens with zero attached hydrogens (tertiary/aromatic N) is 1. The highest BCUT2D eigenvalue weighted by atomic mass is 79.9. The molecule has 1 aliphatic heterocycles. The first-order valence-corrected chi connectivity index (χ1v) is 12.2. The zero-order valence-corrected chi connectivity index (χ0v) is 20.8. The molecule has 1 saturated carbocycles. The van der Waals surface area contributed by atoms with Crippen molar-refractivity contribution in [3.63, 3.8) is 0 Å². The molecule has 4 amide bonds. The van der Waals surface area contributed by atoms with Gasteiger partial charge in [0.25, 0.3) is 11.8 Å². The predicted molar refractivity (Wildman–Crippen MR) is 131 cm³/mol. The number of esters is 1. The molecule has 5 rings (SSSR count). The Bertz CT molecular complexity index is 1320. The van der Waals surface area contributed by atoms with E-state index in [1.807, 2.05) is 6.92 Å². The van der Waals surface area contributed by atoms with E-state index in [0.29, 0.717) is 11.3 Å². The summed E-state index contributed by atoms with van der Waals surface area (Å²) in [5.41, 5.74) is 6.31. The maximum Gasteiger partial charge on any atom is 0.338 e. The average Bonchev–Trinajstić information content (AvgIpc) is 3.51. The van der Waals surface area contributed by atoms with Crippen molar-refractivity contribution in [2.75, 3.05) is 11.5 Å². The number of nitrogens with one attached hydrogen (secondary N) is 2. The van der Waals surface area contributed by atoms with E-state index >= 15 is 0 Å². The second-order valence-corrected chi connectivity index (χ2v) is 10.0. The van der Waals surface area contributed by atoms with Crippen molar-refractivity contribution in [1.82, 2.24) is 10.9 Å². The minimum Gasteiger partial charge on any atom is -0.452 e. The summed E-state index contributed by atoms with van der Waals surface area (Å²) < 4.78 is 5.85. The molecule has 1 heterocycles. The van der Waals surface area contributed by atoms with E-state index in [9.17, 15) is 24.0 Å². The molecule has 0 spiro atoms. The highest BCUT2D eigenvalue weighted by Gasteiger charge is 2.60. The second-order valence-electron chi connectivity index (χ2n) is 9.12. The molecule has 2 bridgehead atoms. The summed E-state index contributed by atoms with van der Waals surface area (Å²) in [6.45, 7) is 1.37. The molecule has 0 radical (unpaired) electrons. The number of ether oxygens (including phenoxy) is 1. The monoisotopic (exact) mass is 551 g/mol. The van der Waals surface area contributed by atoms with Gasteiger partial charge < -0.3 is 4.74 Å². The van der Waals surface area contributed by atoms with Gasteiger partial charge in [0.2, 0.25) is 11.8 Å². The molecule has 1 saturated heterocycles. The number of allylic oxidation sites excluding steroid dienone is 2. The van der Waals surface area contributed by atoms with Crippen molar-refractivity contribution in [1.29, 1.82) is 0 Å². The van der Waals surface area contributed by atoms with Crippen molar-refractivity contribution < 1.29 is 28.7 Å². The van der Waals surface area contributed by atoms with Crippen molar-refractivity contribution in [3.8, 4) is 0 Å². The van der Waals surface area contributed by atoms with Crippen LogP contribution in [0.25, 0.3) is 0 Å². The second kappa shape index (κ2) is 9.34. The highest BCUT2D eigenvalue weighted by molar-refractivity contribution is 9.10. The summed E-state index contributed by atoms with van der Waals surface area (Å²) in [4.78, 5) is 64.0. The van der Waals surface area contributed by atoms with Gasteiger partial charge in [0.05, 0.1) is 23.1 Å². The minimum absolute atomic E-state index is 0.0809. The van der Waals surface area contributed by atoms with Crippen LogP contribution in [0.3, 0.4) is 0 Å². The summed E-state index contributed by atoms with van der Waals surface area (Å²) in [5.74, 6) is -3.07. The number of imide groups is 1. The summed E-state index contributed by atoms with van der Waals surface area (Å²) in [7, 11) is 0. The van der Waals surface area contributed by atoms with Gasteiger partial charge in [-0.2, -0.15) is 0 Å². The van der Waals surface area contributed by atoms with Crippen LogP contribution in [0.5, 0.6) is 0 Å². The van der Waals surface area contributed by atoms with E-state index in [1.54, 1.807) is 36.4 Å². The van der Waals surface area contributed by atoms with Gasteiger partial charge in [-0.1, -0.05) is 33.6 Å². The number of fused-ring (bicyclic) bond motifs is 5.